The lowest BCUT2D eigenvalue weighted by molar-refractivity contribution is 0.0438. The van der Waals surface area contributed by atoms with Crippen molar-refractivity contribution in [2.24, 2.45) is 4.40 Å². The minimum Gasteiger partial charge on any atom is -0.497 e. The lowest BCUT2D eigenvalue weighted by Crippen LogP contribution is -2.46. The van der Waals surface area contributed by atoms with Gasteiger partial charge in [0.1, 0.15) is 17.8 Å². The van der Waals surface area contributed by atoms with Crippen molar-refractivity contribution in [3.63, 3.8) is 0 Å². The van der Waals surface area contributed by atoms with Crippen LogP contribution in [0.2, 0.25) is 0 Å². The lowest BCUT2D eigenvalue weighted by atomic mass is 10.1. The van der Waals surface area contributed by atoms with Gasteiger partial charge in [-0.25, -0.2) is 8.42 Å². The van der Waals surface area contributed by atoms with Gasteiger partial charge in [0, 0.05) is 26.2 Å². The molecule has 2 saturated heterocycles. The molecule has 1 atom stereocenters. The monoisotopic (exact) mass is 598 g/mol. The number of methoxy groups -OCH3 is 1. The standard InChI is InChI=1S/C29H34N4O6S2/c1-23-8-14-26(15-9-23)40(34,35)30-28(22-31-18-20-39-21-19-31)32-16-17-33(41(36,37)27-6-4-3-5-7-27)29(32)24-10-12-25(38-2)13-11-24/h3-15,29H,16-22H2,1-2H3/b30-28-. The van der Waals surface area contributed by atoms with Gasteiger partial charge in [-0.2, -0.15) is 12.7 Å². The lowest BCUT2D eigenvalue weighted by Gasteiger charge is -2.35. The number of sulfonamides is 2. The van der Waals surface area contributed by atoms with Gasteiger partial charge in [0.15, 0.2) is 0 Å². The third kappa shape index (κ3) is 6.47. The average molecular weight is 599 g/mol. The van der Waals surface area contributed by atoms with E-state index in [0.29, 0.717) is 37.6 Å². The van der Waals surface area contributed by atoms with E-state index >= 15 is 0 Å². The van der Waals surface area contributed by atoms with Gasteiger partial charge in [-0.1, -0.05) is 48.0 Å². The normalized spacial score (nSPS) is 19.4. The van der Waals surface area contributed by atoms with Crippen LogP contribution >= 0.6 is 0 Å². The van der Waals surface area contributed by atoms with Crippen LogP contribution in [0.4, 0.5) is 0 Å². The van der Waals surface area contributed by atoms with Gasteiger partial charge >= 0.3 is 0 Å². The zero-order valence-electron chi connectivity index (χ0n) is 23.1. The van der Waals surface area contributed by atoms with Crippen LogP contribution in [0.1, 0.15) is 17.3 Å². The van der Waals surface area contributed by atoms with Crippen molar-refractivity contribution in [3.05, 3.63) is 90.0 Å². The summed E-state index contributed by atoms with van der Waals surface area (Å²) in [6.45, 7) is 4.78. The number of ether oxygens (including phenoxy) is 2. The van der Waals surface area contributed by atoms with E-state index in [0.717, 1.165) is 5.56 Å². The Balaban J connectivity index is 1.61. The summed E-state index contributed by atoms with van der Waals surface area (Å²) in [6, 6.07) is 21.9. The van der Waals surface area contributed by atoms with Crippen LogP contribution < -0.4 is 4.74 Å². The molecule has 0 bridgehead atoms. The highest BCUT2D eigenvalue weighted by Gasteiger charge is 2.43. The summed E-state index contributed by atoms with van der Waals surface area (Å²) in [5.41, 5.74) is 1.60. The molecule has 12 heteroatoms. The van der Waals surface area contributed by atoms with Crippen LogP contribution in [0.3, 0.4) is 0 Å². The molecule has 0 saturated carbocycles. The van der Waals surface area contributed by atoms with Crippen molar-refractivity contribution in [1.82, 2.24) is 14.1 Å². The van der Waals surface area contributed by atoms with E-state index in [1.54, 1.807) is 78.7 Å². The highest BCUT2D eigenvalue weighted by molar-refractivity contribution is 7.90. The predicted molar refractivity (Wildman–Crippen MR) is 156 cm³/mol. The van der Waals surface area contributed by atoms with Gasteiger partial charge < -0.3 is 14.4 Å². The van der Waals surface area contributed by atoms with Gasteiger partial charge in [-0.3, -0.25) is 4.90 Å². The van der Waals surface area contributed by atoms with Crippen molar-refractivity contribution in [2.45, 2.75) is 22.9 Å². The molecule has 41 heavy (non-hydrogen) atoms. The zero-order chi connectivity index (χ0) is 29.0. The number of hydrogen-bond acceptors (Lipinski definition) is 7. The van der Waals surface area contributed by atoms with E-state index < -0.39 is 26.2 Å². The Morgan fingerprint density at radius 1 is 0.854 bits per heavy atom. The summed E-state index contributed by atoms with van der Waals surface area (Å²) >= 11 is 0. The smallest absolute Gasteiger partial charge is 0.283 e. The molecule has 218 valence electrons. The van der Waals surface area contributed by atoms with Crippen LogP contribution in [0, 0.1) is 6.92 Å². The Bertz CT molecular complexity index is 1570. The summed E-state index contributed by atoms with van der Waals surface area (Å²) in [5, 5.41) is 0. The van der Waals surface area contributed by atoms with E-state index in [2.05, 4.69) is 9.30 Å². The summed E-state index contributed by atoms with van der Waals surface area (Å²) in [6.07, 6.45) is -0.820. The summed E-state index contributed by atoms with van der Waals surface area (Å²) < 4.78 is 71.6. The first-order valence-electron chi connectivity index (χ1n) is 13.4. The van der Waals surface area contributed by atoms with Crippen LogP contribution in [0.5, 0.6) is 5.75 Å². The fourth-order valence-electron chi connectivity index (χ4n) is 5.01. The second-order valence-electron chi connectivity index (χ2n) is 9.95. The first kappa shape index (κ1) is 29.2. The Morgan fingerprint density at radius 3 is 2.15 bits per heavy atom. The fourth-order valence-corrected chi connectivity index (χ4v) is 7.63. The Labute approximate surface area is 241 Å². The maximum Gasteiger partial charge on any atom is 0.283 e. The van der Waals surface area contributed by atoms with Crippen molar-refractivity contribution in [1.29, 1.82) is 0 Å². The van der Waals surface area contributed by atoms with Crippen molar-refractivity contribution < 1.29 is 26.3 Å². The molecule has 2 aliphatic rings. The molecule has 5 rings (SSSR count). The molecule has 3 aromatic rings. The molecule has 0 radical (unpaired) electrons. The van der Waals surface area contributed by atoms with Crippen molar-refractivity contribution in [3.8, 4) is 5.75 Å². The maximum absolute atomic E-state index is 13.9. The second kappa shape index (κ2) is 12.3. The Hall–Kier alpha value is -3.29. The molecular formula is C29H34N4O6S2. The number of benzene rings is 3. The van der Waals surface area contributed by atoms with Gasteiger partial charge in [0.2, 0.25) is 10.0 Å². The predicted octanol–water partition coefficient (Wildman–Crippen LogP) is 3.13. The number of morpholine rings is 1. The highest BCUT2D eigenvalue weighted by atomic mass is 32.2. The van der Waals surface area contributed by atoms with Gasteiger partial charge in [0.25, 0.3) is 10.0 Å². The topological polar surface area (TPSA) is 109 Å². The number of nitrogens with zero attached hydrogens (tertiary/aromatic N) is 4. The van der Waals surface area contributed by atoms with Gasteiger partial charge in [0.05, 0.1) is 36.7 Å². The van der Waals surface area contributed by atoms with E-state index in [4.69, 9.17) is 9.47 Å². The fraction of sp³-hybridized carbons (Fsp3) is 0.345. The number of aryl methyl sites for hydroxylation is 1. The number of amidine groups is 1. The zero-order valence-corrected chi connectivity index (χ0v) is 24.7. The molecule has 0 aliphatic carbocycles. The summed E-state index contributed by atoms with van der Waals surface area (Å²) in [5.74, 6) is 0.902. The van der Waals surface area contributed by atoms with E-state index in [1.165, 1.54) is 16.4 Å². The summed E-state index contributed by atoms with van der Waals surface area (Å²) in [4.78, 5) is 4.12. The van der Waals surface area contributed by atoms with E-state index in [9.17, 15) is 16.8 Å². The van der Waals surface area contributed by atoms with Crippen molar-refractivity contribution >= 4 is 25.9 Å². The third-order valence-electron chi connectivity index (χ3n) is 7.24. The second-order valence-corrected chi connectivity index (χ2v) is 13.4. The molecule has 10 nitrogen and oxygen atoms in total. The quantitative estimate of drug-likeness (QED) is 0.288. The van der Waals surface area contributed by atoms with Crippen LogP contribution in [-0.4, -0.2) is 89.8 Å². The molecule has 0 N–H and O–H groups in total. The number of rotatable bonds is 8. The molecule has 2 aliphatic heterocycles. The molecule has 0 aromatic heterocycles. The van der Waals surface area contributed by atoms with Crippen LogP contribution in [0.15, 0.2) is 93.1 Å². The number of hydrogen-bond donors (Lipinski definition) is 0. The Kier molecular flexibility index (Phi) is 8.76. The first-order valence-corrected chi connectivity index (χ1v) is 16.3. The van der Waals surface area contributed by atoms with Gasteiger partial charge in [-0.05, 0) is 48.9 Å². The van der Waals surface area contributed by atoms with Crippen molar-refractivity contribution in [2.75, 3.05) is 53.0 Å². The average Bonchev–Trinajstić information content (AvgIpc) is 3.44. The molecule has 2 heterocycles. The first-order chi connectivity index (χ1) is 19.7. The minimum absolute atomic E-state index is 0.0801. The SMILES string of the molecule is COc1ccc(C2N(/C(CN3CCOCC3)=N\S(=O)(=O)c3ccc(C)cc3)CCN2S(=O)(=O)c2ccccc2)cc1. The van der Waals surface area contributed by atoms with E-state index in [1.807, 2.05) is 6.92 Å². The highest BCUT2D eigenvalue weighted by Crippen LogP contribution is 2.36. The molecule has 0 spiro atoms. The molecule has 2 fully saturated rings. The van der Waals surface area contributed by atoms with Crippen LogP contribution in [0.25, 0.3) is 0 Å². The molecule has 3 aromatic carbocycles. The summed E-state index contributed by atoms with van der Waals surface area (Å²) in [7, 11) is -6.45. The van der Waals surface area contributed by atoms with E-state index in [-0.39, 0.29) is 35.3 Å². The maximum atomic E-state index is 13.9. The third-order valence-corrected chi connectivity index (χ3v) is 10.4. The Morgan fingerprint density at radius 2 is 1.51 bits per heavy atom. The molecule has 0 amide bonds. The van der Waals surface area contributed by atoms with Gasteiger partial charge in [-0.15, -0.1) is 4.40 Å². The minimum atomic E-state index is -4.09. The van der Waals surface area contributed by atoms with Crippen LogP contribution in [-0.2, 0) is 24.8 Å². The molecule has 1 unspecified atom stereocenters. The molecular weight excluding hydrogens is 564 g/mol. The largest absolute Gasteiger partial charge is 0.497 e.